The molecule has 4 heterocycles. The minimum Gasteiger partial charge on any atom is -0.348 e. The average molecular weight is 397 g/mol. The number of likely N-dealkylation sites (tertiary alicyclic amines) is 1. The molecule has 2 fully saturated rings. The molecule has 3 aliphatic heterocycles. The van der Waals surface area contributed by atoms with Gasteiger partial charge in [-0.15, -0.1) is 0 Å². The molecule has 0 unspecified atom stereocenters. The van der Waals surface area contributed by atoms with Crippen LogP contribution in [0.25, 0.3) is 0 Å². The number of imidazole rings is 1. The fourth-order valence-electron chi connectivity index (χ4n) is 4.56. The maximum Gasteiger partial charge on any atom is 0.281 e. The van der Waals surface area contributed by atoms with Crippen LogP contribution >= 0.6 is 0 Å². The van der Waals surface area contributed by atoms with E-state index < -0.39 is 15.7 Å². The maximum absolute atomic E-state index is 13.0. The van der Waals surface area contributed by atoms with Gasteiger partial charge in [-0.05, 0) is 25.7 Å². The van der Waals surface area contributed by atoms with Crippen molar-refractivity contribution >= 4 is 16.1 Å². The van der Waals surface area contributed by atoms with E-state index in [1.807, 2.05) is 4.90 Å². The summed E-state index contributed by atoms with van der Waals surface area (Å²) in [4.78, 5) is 22.7. The van der Waals surface area contributed by atoms with E-state index in [-0.39, 0.29) is 11.9 Å². The fourth-order valence-corrected chi connectivity index (χ4v) is 5.67. The molecule has 4 rings (SSSR count). The highest BCUT2D eigenvalue weighted by Gasteiger charge is 2.48. The molecule has 9 nitrogen and oxygen atoms in total. The van der Waals surface area contributed by atoms with Crippen LogP contribution in [0.2, 0.25) is 0 Å². The molecule has 2 N–H and O–H groups in total. The zero-order valence-corrected chi connectivity index (χ0v) is 16.8. The Morgan fingerprint density at radius 1 is 1.22 bits per heavy atom. The monoisotopic (exact) mass is 396 g/mol. The lowest BCUT2D eigenvalue weighted by atomic mass is 9.79. The van der Waals surface area contributed by atoms with Gasteiger partial charge in [0.1, 0.15) is 0 Å². The summed E-state index contributed by atoms with van der Waals surface area (Å²) < 4.78 is 27.7. The summed E-state index contributed by atoms with van der Waals surface area (Å²) in [6, 6.07) is -0.284. The minimum absolute atomic E-state index is 0.149. The molecule has 0 saturated carbocycles. The first-order chi connectivity index (χ1) is 12.8. The lowest BCUT2D eigenvalue weighted by molar-refractivity contribution is -0.133. The topological polar surface area (TPSA) is 102 Å². The van der Waals surface area contributed by atoms with Crippen LogP contribution in [-0.4, -0.2) is 84.1 Å². The van der Waals surface area contributed by atoms with Crippen LogP contribution in [0.1, 0.15) is 37.1 Å². The van der Waals surface area contributed by atoms with Crippen molar-refractivity contribution in [1.29, 1.82) is 0 Å². The first-order valence-electron chi connectivity index (χ1n) is 9.60. The van der Waals surface area contributed by atoms with Crippen LogP contribution in [0.5, 0.6) is 0 Å². The third-order valence-corrected chi connectivity index (χ3v) is 8.05. The number of hydrogen-bond acceptors (Lipinski definition) is 5. The smallest absolute Gasteiger partial charge is 0.281 e. The second kappa shape index (κ2) is 6.84. The number of fused-ring (bicyclic) bond motifs is 2. The van der Waals surface area contributed by atoms with Gasteiger partial charge in [-0.25, -0.2) is 4.98 Å². The zero-order chi connectivity index (χ0) is 19.2. The Kier molecular flexibility index (Phi) is 4.77. The normalized spacial score (nSPS) is 25.9. The third kappa shape index (κ3) is 3.18. The van der Waals surface area contributed by atoms with Gasteiger partial charge in [0, 0.05) is 52.4 Å². The van der Waals surface area contributed by atoms with Gasteiger partial charge < -0.3 is 9.88 Å². The highest BCUT2D eigenvalue weighted by molar-refractivity contribution is 7.86. The summed E-state index contributed by atoms with van der Waals surface area (Å²) >= 11 is 0. The molecular weight excluding hydrogens is 368 g/mol. The molecular formula is C17H28N6O3S. The number of carbonyl (C=O) groups is 1. The highest BCUT2D eigenvalue weighted by Crippen LogP contribution is 2.38. The van der Waals surface area contributed by atoms with Gasteiger partial charge in [-0.3, -0.25) is 10.1 Å². The molecule has 150 valence electrons. The van der Waals surface area contributed by atoms with Crippen molar-refractivity contribution in [2.45, 2.75) is 43.7 Å². The summed E-state index contributed by atoms with van der Waals surface area (Å²) in [5, 5.41) is 3.58. The largest absolute Gasteiger partial charge is 0.348 e. The Balaban J connectivity index is 1.56. The SMILES string of the molecule is CN(C)S(=O)(=O)N1CCC2(CC1)N[C@H](C(=O)N1CCCC1)Cc1[nH]cnc12. The summed E-state index contributed by atoms with van der Waals surface area (Å²) in [5.74, 6) is 0.149. The number of hydrogen-bond donors (Lipinski definition) is 2. The van der Waals surface area contributed by atoms with E-state index in [4.69, 9.17) is 0 Å². The number of aromatic nitrogens is 2. The van der Waals surface area contributed by atoms with Crippen molar-refractivity contribution in [2.24, 2.45) is 0 Å². The lowest BCUT2D eigenvalue weighted by Crippen LogP contribution is -2.62. The maximum atomic E-state index is 13.0. The average Bonchev–Trinajstić information content (AvgIpc) is 3.33. The molecule has 0 bridgehead atoms. The van der Waals surface area contributed by atoms with Crippen LogP contribution in [0.15, 0.2) is 6.33 Å². The van der Waals surface area contributed by atoms with E-state index in [0.717, 1.165) is 37.3 Å². The number of rotatable bonds is 3. The summed E-state index contributed by atoms with van der Waals surface area (Å²) in [5.41, 5.74) is 1.48. The van der Waals surface area contributed by atoms with Gasteiger partial charge in [0.25, 0.3) is 10.2 Å². The Morgan fingerprint density at radius 2 is 1.89 bits per heavy atom. The molecule has 3 aliphatic rings. The highest BCUT2D eigenvalue weighted by atomic mass is 32.2. The van der Waals surface area contributed by atoms with Crippen molar-refractivity contribution in [2.75, 3.05) is 40.3 Å². The van der Waals surface area contributed by atoms with Gasteiger partial charge in [0.05, 0.1) is 23.6 Å². The first kappa shape index (κ1) is 18.9. The second-order valence-corrected chi connectivity index (χ2v) is 10.1. The first-order valence-corrected chi connectivity index (χ1v) is 11.0. The molecule has 1 aromatic heterocycles. The Morgan fingerprint density at radius 3 is 2.52 bits per heavy atom. The number of amides is 1. The van der Waals surface area contributed by atoms with E-state index in [0.29, 0.717) is 32.4 Å². The standard InChI is InChI=1S/C17H28N6O3S/c1-21(2)27(25,26)23-9-5-17(6-10-23)15-13(18-12-19-15)11-14(20-17)16(24)22-7-3-4-8-22/h12,14,20H,3-11H2,1-2H3,(H,18,19)/t14-/m0/s1. The molecule has 0 radical (unpaired) electrons. The van der Waals surface area contributed by atoms with Crippen LogP contribution in [0, 0.1) is 0 Å². The number of piperidine rings is 1. The van der Waals surface area contributed by atoms with Crippen molar-refractivity contribution < 1.29 is 13.2 Å². The van der Waals surface area contributed by atoms with Crippen LogP contribution < -0.4 is 5.32 Å². The third-order valence-electron chi connectivity index (χ3n) is 6.11. The van der Waals surface area contributed by atoms with Gasteiger partial charge in [0.15, 0.2) is 0 Å². The van der Waals surface area contributed by atoms with Crippen LogP contribution in [0.3, 0.4) is 0 Å². The van der Waals surface area contributed by atoms with Gasteiger partial charge in [-0.1, -0.05) is 0 Å². The zero-order valence-electron chi connectivity index (χ0n) is 15.9. The number of carbonyl (C=O) groups excluding carboxylic acids is 1. The summed E-state index contributed by atoms with van der Waals surface area (Å²) in [6.45, 7) is 2.47. The second-order valence-electron chi connectivity index (χ2n) is 7.93. The van der Waals surface area contributed by atoms with E-state index >= 15 is 0 Å². The van der Waals surface area contributed by atoms with E-state index in [2.05, 4.69) is 15.3 Å². The minimum atomic E-state index is -3.43. The van der Waals surface area contributed by atoms with Crippen LogP contribution in [-0.2, 0) is 27.0 Å². The van der Waals surface area contributed by atoms with E-state index in [1.54, 1.807) is 20.4 Å². The molecule has 1 atom stereocenters. The Labute approximate surface area is 160 Å². The number of nitrogens with one attached hydrogen (secondary N) is 2. The van der Waals surface area contributed by atoms with E-state index in [1.165, 1.54) is 8.61 Å². The Bertz CT molecular complexity index is 806. The van der Waals surface area contributed by atoms with Crippen LogP contribution in [0.4, 0.5) is 0 Å². The molecule has 0 aromatic carbocycles. The Hall–Kier alpha value is -1.49. The fraction of sp³-hybridized carbons (Fsp3) is 0.765. The van der Waals surface area contributed by atoms with Gasteiger partial charge in [0.2, 0.25) is 5.91 Å². The predicted molar refractivity (Wildman–Crippen MR) is 100 cm³/mol. The quantitative estimate of drug-likeness (QED) is 0.727. The molecule has 10 heteroatoms. The van der Waals surface area contributed by atoms with Crippen molar-refractivity contribution in [3.63, 3.8) is 0 Å². The number of H-pyrrole nitrogens is 1. The molecule has 1 spiro atoms. The molecule has 2 saturated heterocycles. The number of aromatic amines is 1. The summed E-state index contributed by atoms with van der Waals surface area (Å²) in [6.07, 6.45) is 5.61. The van der Waals surface area contributed by atoms with Gasteiger partial charge in [-0.2, -0.15) is 17.0 Å². The van der Waals surface area contributed by atoms with Crippen molar-refractivity contribution in [3.05, 3.63) is 17.7 Å². The van der Waals surface area contributed by atoms with Crippen molar-refractivity contribution in [3.8, 4) is 0 Å². The summed E-state index contributed by atoms with van der Waals surface area (Å²) in [7, 11) is -0.325. The molecule has 1 amide bonds. The van der Waals surface area contributed by atoms with E-state index in [9.17, 15) is 13.2 Å². The molecule has 1 aromatic rings. The van der Waals surface area contributed by atoms with Crippen molar-refractivity contribution in [1.82, 2.24) is 28.8 Å². The van der Waals surface area contributed by atoms with Gasteiger partial charge >= 0.3 is 0 Å². The lowest BCUT2D eigenvalue weighted by Gasteiger charge is -2.46. The number of nitrogens with zero attached hydrogens (tertiary/aromatic N) is 4. The predicted octanol–water partition coefficient (Wildman–Crippen LogP) is -0.356. The molecule has 0 aliphatic carbocycles. The molecule has 27 heavy (non-hydrogen) atoms.